The topological polar surface area (TPSA) is 23.6 Å². The molecule has 0 heterocycles. The van der Waals surface area contributed by atoms with Crippen molar-refractivity contribution in [2.45, 2.75) is 59.5 Å². The lowest BCUT2D eigenvalue weighted by molar-refractivity contribution is 0.0644. The van der Waals surface area contributed by atoms with Crippen molar-refractivity contribution >= 4 is 11.6 Å². The van der Waals surface area contributed by atoms with E-state index in [0.717, 1.165) is 12.1 Å². The van der Waals surface area contributed by atoms with Gasteiger partial charge in [0.25, 0.3) is 5.91 Å². The van der Waals surface area contributed by atoms with Gasteiger partial charge in [-0.3, -0.25) is 4.79 Å². The van der Waals surface area contributed by atoms with E-state index in [0.29, 0.717) is 0 Å². The number of unbranched alkanes of at least 4 members (excludes halogenated alkanes) is 1. The van der Waals surface area contributed by atoms with Crippen molar-refractivity contribution in [3.63, 3.8) is 0 Å². The molecule has 0 radical (unpaired) electrons. The molecule has 1 rings (SSSR count). The molecule has 0 spiro atoms. The number of hydrogen-bond donors (Lipinski definition) is 0. The average molecular weight is 290 g/mol. The smallest absolute Gasteiger partial charge is 0.254 e. The van der Waals surface area contributed by atoms with Gasteiger partial charge in [-0.05, 0) is 58.4 Å². The third-order valence-electron chi connectivity index (χ3n) is 3.75. The average Bonchev–Trinajstić information content (AvgIpc) is 2.44. The van der Waals surface area contributed by atoms with Crippen LogP contribution < -0.4 is 4.90 Å². The largest absolute Gasteiger partial charge is 0.375 e. The van der Waals surface area contributed by atoms with Crippen LogP contribution in [0.4, 0.5) is 5.69 Å². The zero-order valence-electron chi connectivity index (χ0n) is 14.4. The number of benzene rings is 1. The first kappa shape index (κ1) is 17.5. The zero-order chi connectivity index (χ0) is 16.0. The van der Waals surface area contributed by atoms with Gasteiger partial charge >= 0.3 is 0 Å². The molecule has 0 aromatic heterocycles. The number of anilines is 1. The van der Waals surface area contributed by atoms with Gasteiger partial charge < -0.3 is 9.80 Å². The van der Waals surface area contributed by atoms with Crippen LogP contribution >= 0.6 is 0 Å². The van der Waals surface area contributed by atoms with Gasteiger partial charge in [0.05, 0.1) is 0 Å². The Hall–Kier alpha value is -1.51. The predicted molar refractivity (Wildman–Crippen MR) is 91.1 cm³/mol. The van der Waals surface area contributed by atoms with Crippen LogP contribution in [0, 0.1) is 0 Å². The molecule has 0 aliphatic heterocycles. The van der Waals surface area contributed by atoms with Crippen LogP contribution in [0.5, 0.6) is 0 Å². The fourth-order valence-electron chi connectivity index (χ4n) is 2.60. The standard InChI is InChI=1S/C18H30N2O/c1-7-8-13-19(6)17-11-9-16(10-12-17)18(21)20(14(2)3)15(4)5/h9-12,14-15H,7-8,13H2,1-6H3. The van der Waals surface area contributed by atoms with E-state index in [1.807, 2.05) is 29.2 Å². The highest BCUT2D eigenvalue weighted by molar-refractivity contribution is 5.95. The summed E-state index contributed by atoms with van der Waals surface area (Å²) in [5.74, 6) is 0.114. The summed E-state index contributed by atoms with van der Waals surface area (Å²) in [5, 5.41) is 0. The van der Waals surface area contributed by atoms with Crippen LogP contribution in [-0.2, 0) is 0 Å². The summed E-state index contributed by atoms with van der Waals surface area (Å²) in [6, 6.07) is 8.40. The van der Waals surface area contributed by atoms with E-state index >= 15 is 0 Å². The minimum atomic E-state index is 0.114. The number of carbonyl (C=O) groups excluding carboxylic acids is 1. The number of carbonyl (C=O) groups is 1. The first-order chi connectivity index (χ1) is 9.88. The van der Waals surface area contributed by atoms with Crippen LogP contribution in [0.15, 0.2) is 24.3 Å². The molecule has 0 aliphatic carbocycles. The minimum absolute atomic E-state index is 0.114. The molecule has 3 nitrogen and oxygen atoms in total. The fraction of sp³-hybridized carbons (Fsp3) is 0.611. The second-order valence-electron chi connectivity index (χ2n) is 6.22. The third-order valence-corrected chi connectivity index (χ3v) is 3.75. The van der Waals surface area contributed by atoms with Gasteiger partial charge in [0, 0.05) is 36.9 Å². The van der Waals surface area contributed by atoms with E-state index in [4.69, 9.17) is 0 Å². The van der Waals surface area contributed by atoms with Crippen molar-refractivity contribution in [3.8, 4) is 0 Å². The first-order valence-corrected chi connectivity index (χ1v) is 8.02. The number of hydrogen-bond acceptors (Lipinski definition) is 2. The SMILES string of the molecule is CCCCN(C)c1ccc(C(=O)N(C(C)C)C(C)C)cc1. The normalized spacial score (nSPS) is 11.0. The molecule has 0 bridgehead atoms. The zero-order valence-corrected chi connectivity index (χ0v) is 14.4. The first-order valence-electron chi connectivity index (χ1n) is 8.02. The Bertz CT molecular complexity index is 429. The quantitative estimate of drug-likeness (QED) is 0.752. The molecule has 1 aromatic carbocycles. The highest BCUT2D eigenvalue weighted by atomic mass is 16.2. The van der Waals surface area contributed by atoms with Crippen LogP contribution in [0.3, 0.4) is 0 Å². The number of rotatable bonds is 7. The highest BCUT2D eigenvalue weighted by Crippen LogP contribution is 2.17. The van der Waals surface area contributed by atoms with Gasteiger partial charge in [-0.1, -0.05) is 13.3 Å². The number of nitrogens with zero attached hydrogens (tertiary/aromatic N) is 2. The molecule has 0 saturated carbocycles. The molecule has 0 saturated heterocycles. The molecule has 3 heteroatoms. The highest BCUT2D eigenvalue weighted by Gasteiger charge is 2.21. The Morgan fingerprint density at radius 2 is 1.57 bits per heavy atom. The second-order valence-corrected chi connectivity index (χ2v) is 6.22. The molecular formula is C18H30N2O. The molecule has 0 fully saturated rings. The second kappa shape index (κ2) is 8.06. The maximum Gasteiger partial charge on any atom is 0.254 e. The molecule has 0 N–H and O–H groups in total. The molecular weight excluding hydrogens is 260 g/mol. The molecule has 0 unspecified atom stereocenters. The fourth-order valence-corrected chi connectivity index (χ4v) is 2.60. The van der Waals surface area contributed by atoms with E-state index in [2.05, 4.69) is 46.6 Å². The summed E-state index contributed by atoms with van der Waals surface area (Å²) in [5.41, 5.74) is 1.94. The summed E-state index contributed by atoms with van der Waals surface area (Å²) < 4.78 is 0. The van der Waals surface area contributed by atoms with Gasteiger partial charge in [-0.2, -0.15) is 0 Å². The molecule has 118 valence electrons. The van der Waals surface area contributed by atoms with Crippen LogP contribution in [-0.4, -0.2) is 36.5 Å². The van der Waals surface area contributed by atoms with Crippen molar-refractivity contribution in [2.24, 2.45) is 0 Å². The van der Waals surface area contributed by atoms with E-state index in [1.54, 1.807) is 0 Å². The molecule has 1 aromatic rings. The molecule has 0 atom stereocenters. The Morgan fingerprint density at radius 3 is 2.00 bits per heavy atom. The third kappa shape index (κ3) is 4.76. The maximum atomic E-state index is 12.6. The lowest BCUT2D eigenvalue weighted by atomic mass is 10.1. The van der Waals surface area contributed by atoms with Crippen molar-refractivity contribution in [2.75, 3.05) is 18.5 Å². The van der Waals surface area contributed by atoms with Crippen molar-refractivity contribution in [1.29, 1.82) is 0 Å². The Morgan fingerprint density at radius 1 is 1.05 bits per heavy atom. The van der Waals surface area contributed by atoms with E-state index in [-0.39, 0.29) is 18.0 Å². The molecule has 0 aliphatic rings. The van der Waals surface area contributed by atoms with Gasteiger partial charge in [-0.25, -0.2) is 0 Å². The van der Waals surface area contributed by atoms with Crippen molar-refractivity contribution < 1.29 is 4.79 Å². The Balaban J connectivity index is 2.84. The van der Waals surface area contributed by atoms with E-state index < -0.39 is 0 Å². The predicted octanol–water partition coefficient (Wildman–Crippen LogP) is 4.18. The van der Waals surface area contributed by atoms with Gasteiger partial charge in [-0.15, -0.1) is 0 Å². The summed E-state index contributed by atoms with van der Waals surface area (Å²) in [4.78, 5) is 16.8. The van der Waals surface area contributed by atoms with Crippen molar-refractivity contribution in [3.05, 3.63) is 29.8 Å². The van der Waals surface area contributed by atoms with Crippen LogP contribution in [0.1, 0.15) is 57.8 Å². The summed E-state index contributed by atoms with van der Waals surface area (Å²) in [6.45, 7) is 11.5. The summed E-state index contributed by atoms with van der Waals surface area (Å²) in [6.07, 6.45) is 2.38. The Kier molecular flexibility index (Phi) is 6.73. The van der Waals surface area contributed by atoms with E-state index in [9.17, 15) is 4.79 Å². The molecule has 1 amide bonds. The Labute approximate surface area is 129 Å². The monoisotopic (exact) mass is 290 g/mol. The lowest BCUT2D eigenvalue weighted by Gasteiger charge is -2.31. The van der Waals surface area contributed by atoms with E-state index in [1.165, 1.54) is 18.5 Å². The van der Waals surface area contributed by atoms with Crippen LogP contribution in [0.2, 0.25) is 0 Å². The number of amides is 1. The van der Waals surface area contributed by atoms with Gasteiger partial charge in [0.15, 0.2) is 0 Å². The maximum absolute atomic E-state index is 12.6. The minimum Gasteiger partial charge on any atom is -0.375 e. The summed E-state index contributed by atoms with van der Waals surface area (Å²) >= 11 is 0. The molecule has 21 heavy (non-hydrogen) atoms. The van der Waals surface area contributed by atoms with Crippen molar-refractivity contribution in [1.82, 2.24) is 4.90 Å². The lowest BCUT2D eigenvalue weighted by Crippen LogP contribution is -2.42. The summed E-state index contributed by atoms with van der Waals surface area (Å²) in [7, 11) is 2.10. The van der Waals surface area contributed by atoms with Crippen LogP contribution in [0.25, 0.3) is 0 Å². The van der Waals surface area contributed by atoms with Gasteiger partial charge in [0.1, 0.15) is 0 Å². The van der Waals surface area contributed by atoms with Gasteiger partial charge in [0.2, 0.25) is 0 Å².